The third kappa shape index (κ3) is 4.48. The summed E-state index contributed by atoms with van der Waals surface area (Å²) in [5, 5.41) is 5.05. The van der Waals surface area contributed by atoms with Crippen LogP contribution in [0.3, 0.4) is 0 Å². The van der Waals surface area contributed by atoms with E-state index in [1.807, 2.05) is 24.4 Å². The molecule has 2 atom stereocenters. The summed E-state index contributed by atoms with van der Waals surface area (Å²) in [6.07, 6.45) is 0.847. The van der Waals surface area contributed by atoms with Gasteiger partial charge in [0.25, 0.3) is 0 Å². The molecule has 0 bridgehead atoms. The van der Waals surface area contributed by atoms with Crippen molar-refractivity contribution in [1.82, 2.24) is 5.32 Å². The molecule has 1 unspecified atom stereocenters. The van der Waals surface area contributed by atoms with Crippen molar-refractivity contribution in [2.45, 2.75) is 33.2 Å². The highest BCUT2D eigenvalue weighted by atomic mass is 32.1. The van der Waals surface area contributed by atoms with Crippen LogP contribution < -0.4 is 11.1 Å². The minimum absolute atomic E-state index is 0.0714. The monoisotopic (exact) mass is 254 g/mol. The first-order chi connectivity index (χ1) is 8.04. The lowest BCUT2D eigenvalue weighted by molar-refractivity contribution is -0.125. The van der Waals surface area contributed by atoms with Gasteiger partial charge in [-0.2, -0.15) is 0 Å². The maximum atomic E-state index is 12.0. The second-order valence-electron chi connectivity index (χ2n) is 4.81. The van der Waals surface area contributed by atoms with Crippen molar-refractivity contribution in [3.05, 3.63) is 22.4 Å². The summed E-state index contributed by atoms with van der Waals surface area (Å²) >= 11 is 1.66. The molecule has 0 spiro atoms. The summed E-state index contributed by atoms with van der Waals surface area (Å²) in [7, 11) is 0. The average molecular weight is 254 g/mol. The van der Waals surface area contributed by atoms with E-state index in [2.05, 4.69) is 19.2 Å². The van der Waals surface area contributed by atoms with Gasteiger partial charge in [-0.3, -0.25) is 4.79 Å². The SMILES string of the molecule is CC(C)CC(CN)C(=O)N[C@H](C)c1cccs1. The van der Waals surface area contributed by atoms with E-state index in [4.69, 9.17) is 5.73 Å². The van der Waals surface area contributed by atoms with Gasteiger partial charge in [0.1, 0.15) is 0 Å². The first-order valence-electron chi connectivity index (χ1n) is 6.08. The summed E-state index contributed by atoms with van der Waals surface area (Å²) in [6, 6.07) is 4.11. The van der Waals surface area contributed by atoms with Crippen LogP contribution in [0.2, 0.25) is 0 Å². The average Bonchev–Trinajstić information content (AvgIpc) is 2.78. The lowest BCUT2D eigenvalue weighted by Gasteiger charge is -2.19. The van der Waals surface area contributed by atoms with E-state index < -0.39 is 0 Å². The first kappa shape index (κ1) is 14.2. The molecule has 0 aliphatic carbocycles. The lowest BCUT2D eigenvalue weighted by Crippen LogP contribution is -2.37. The normalized spacial score (nSPS) is 14.6. The number of hydrogen-bond acceptors (Lipinski definition) is 3. The minimum Gasteiger partial charge on any atom is -0.348 e. The molecule has 1 aromatic rings. The Kier molecular flexibility index (Phi) is 5.65. The van der Waals surface area contributed by atoms with Crippen LogP contribution in [0.5, 0.6) is 0 Å². The third-order valence-corrected chi connectivity index (χ3v) is 3.79. The van der Waals surface area contributed by atoms with Crippen molar-refractivity contribution in [1.29, 1.82) is 0 Å². The summed E-state index contributed by atoms with van der Waals surface area (Å²) in [6.45, 7) is 6.64. The fourth-order valence-electron chi connectivity index (χ4n) is 1.82. The van der Waals surface area contributed by atoms with Gasteiger partial charge in [-0.15, -0.1) is 11.3 Å². The van der Waals surface area contributed by atoms with E-state index in [0.717, 1.165) is 6.42 Å². The maximum Gasteiger partial charge on any atom is 0.224 e. The number of nitrogens with one attached hydrogen (secondary N) is 1. The summed E-state index contributed by atoms with van der Waals surface area (Å²) in [5.41, 5.74) is 5.66. The molecule has 0 saturated carbocycles. The molecule has 1 rings (SSSR count). The van der Waals surface area contributed by atoms with Gasteiger partial charge in [0.05, 0.1) is 12.0 Å². The molecule has 0 radical (unpaired) electrons. The van der Waals surface area contributed by atoms with Gasteiger partial charge in [-0.25, -0.2) is 0 Å². The Morgan fingerprint density at radius 2 is 2.18 bits per heavy atom. The molecular weight excluding hydrogens is 232 g/mol. The number of carbonyl (C=O) groups is 1. The van der Waals surface area contributed by atoms with Crippen LogP contribution in [-0.4, -0.2) is 12.5 Å². The molecule has 4 heteroatoms. The van der Waals surface area contributed by atoms with Crippen LogP contribution in [-0.2, 0) is 4.79 Å². The zero-order valence-electron chi connectivity index (χ0n) is 10.8. The number of carbonyl (C=O) groups excluding carboxylic acids is 1. The number of thiophene rings is 1. The van der Waals surface area contributed by atoms with Crippen molar-refractivity contribution in [3.8, 4) is 0 Å². The van der Waals surface area contributed by atoms with Crippen molar-refractivity contribution in [2.75, 3.05) is 6.54 Å². The van der Waals surface area contributed by atoms with E-state index >= 15 is 0 Å². The maximum absolute atomic E-state index is 12.0. The van der Waals surface area contributed by atoms with Crippen molar-refractivity contribution >= 4 is 17.2 Å². The highest BCUT2D eigenvalue weighted by Crippen LogP contribution is 2.19. The first-order valence-corrected chi connectivity index (χ1v) is 6.96. The Labute approximate surface area is 107 Å². The molecule has 96 valence electrons. The molecule has 0 fully saturated rings. The molecule has 0 aliphatic rings. The van der Waals surface area contributed by atoms with Gasteiger partial charge in [0.2, 0.25) is 5.91 Å². The molecule has 1 aromatic heterocycles. The molecule has 0 aromatic carbocycles. The molecule has 1 heterocycles. The molecule has 17 heavy (non-hydrogen) atoms. The second kappa shape index (κ2) is 6.77. The molecule has 0 saturated heterocycles. The summed E-state index contributed by atoms with van der Waals surface area (Å²) < 4.78 is 0. The van der Waals surface area contributed by atoms with Gasteiger partial charge in [0, 0.05) is 11.4 Å². The van der Waals surface area contributed by atoms with Crippen molar-refractivity contribution in [3.63, 3.8) is 0 Å². The Hall–Kier alpha value is -0.870. The Balaban J connectivity index is 2.52. The van der Waals surface area contributed by atoms with Crippen LogP contribution in [0.25, 0.3) is 0 Å². The van der Waals surface area contributed by atoms with Crippen LogP contribution in [0, 0.1) is 11.8 Å². The summed E-state index contributed by atoms with van der Waals surface area (Å²) in [4.78, 5) is 13.2. The number of nitrogens with two attached hydrogens (primary N) is 1. The van der Waals surface area contributed by atoms with E-state index in [1.165, 1.54) is 4.88 Å². The topological polar surface area (TPSA) is 55.1 Å². The van der Waals surface area contributed by atoms with Crippen LogP contribution in [0.4, 0.5) is 0 Å². The van der Waals surface area contributed by atoms with Gasteiger partial charge in [-0.05, 0) is 30.7 Å². The van der Waals surface area contributed by atoms with Gasteiger partial charge >= 0.3 is 0 Å². The van der Waals surface area contributed by atoms with E-state index in [1.54, 1.807) is 11.3 Å². The fourth-order valence-corrected chi connectivity index (χ4v) is 2.55. The molecule has 3 nitrogen and oxygen atoms in total. The highest BCUT2D eigenvalue weighted by molar-refractivity contribution is 7.10. The van der Waals surface area contributed by atoms with Crippen molar-refractivity contribution < 1.29 is 4.79 Å². The zero-order valence-corrected chi connectivity index (χ0v) is 11.6. The Morgan fingerprint density at radius 1 is 1.47 bits per heavy atom. The number of rotatable bonds is 6. The van der Waals surface area contributed by atoms with E-state index in [-0.39, 0.29) is 17.9 Å². The minimum atomic E-state index is -0.0718. The van der Waals surface area contributed by atoms with Gasteiger partial charge in [0.15, 0.2) is 0 Å². The largest absolute Gasteiger partial charge is 0.348 e. The quantitative estimate of drug-likeness (QED) is 0.819. The molecule has 1 amide bonds. The second-order valence-corrected chi connectivity index (χ2v) is 5.79. The van der Waals surface area contributed by atoms with Crippen molar-refractivity contribution in [2.24, 2.45) is 17.6 Å². The van der Waals surface area contributed by atoms with Crippen LogP contribution in [0.15, 0.2) is 17.5 Å². The fraction of sp³-hybridized carbons (Fsp3) is 0.615. The van der Waals surface area contributed by atoms with E-state index in [9.17, 15) is 4.79 Å². The van der Waals surface area contributed by atoms with Gasteiger partial charge in [-0.1, -0.05) is 19.9 Å². The summed E-state index contributed by atoms with van der Waals surface area (Å²) in [5.74, 6) is 0.492. The van der Waals surface area contributed by atoms with Crippen LogP contribution >= 0.6 is 11.3 Å². The lowest BCUT2D eigenvalue weighted by atomic mass is 9.96. The Bertz CT molecular complexity index is 335. The van der Waals surface area contributed by atoms with E-state index in [0.29, 0.717) is 12.5 Å². The standard InChI is InChI=1S/C13H22N2OS/c1-9(2)7-11(8-14)13(16)15-10(3)12-5-4-6-17-12/h4-6,9-11H,7-8,14H2,1-3H3,(H,15,16)/t10-,11?/m1/s1. The third-order valence-electron chi connectivity index (χ3n) is 2.74. The molecule has 3 N–H and O–H groups in total. The van der Waals surface area contributed by atoms with Crippen LogP contribution in [0.1, 0.15) is 38.1 Å². The highest BCUT2D eigenvalue weighted by Gasteiger charge is 2.20. The molecular formula is C13H22N2OS. The Morgan fingerprint density at radius 3 is 2.65 bits per heavy atom. The number of amides is 1. The predicted octanol–water partition coefficient (Wildman–Crippen LogP) is 2.55. The number of hydrogen-bond donors (Lipinski definition) is 2. The predicted molar refractivity (Wildman–Crippen MR) is 72.9 cm³/mol. The molecule has 0 aliphatic heterocycles. The zero-order chi connectivity index (χ0) is 12.8. The van der Waals surface area contributed by atoms with Gasteiger partial charge < -0.3 is 11.1 Å². The smallest absolute Gasteiger partial charge is 0.224 e.